The third-order valence-corrected chi connectivity index (χ3v) is 3.84. The van der Waals surface area contributed by atoms with E-state index in [0.29, 0.717) is 12.0 Å². The zero-order valence-electron chi connectivity index (χ0n) is 10.5. The third kappa shape index (κ3) is 2.02. The average Bonchev–Trinajstić information content (AvgIpc) is 2.41. The van der Waals surface area contributed by atoms with Crippen LogP contribution in [0, 0.1) is 0 Å². The predicted octanol–water partition coefficient (Wildman–Crippen LogP) is 2.47. The summed E-state index contributed by atoms with van der Waals surface area (Å²) in [6.45, 7) is 0. The quantitative estimate of drug-likeness (QED) is 0.890. The molecule has 1 aromatic carbocycles. The van der Waals surface area contributed by atoms with Crippen molar-refractivity contribution in [3.05, 3.63) is 59.4 Å². The van der Waals surface area contributed by atoms with Crippen LogP contribution in [-0.4, -0.2) is 17.2 Å². The zero-order valence-corrected chi connectivity index (χ0v) is 10.5. The average molecular weight is 239 g/mol. The molecule has 1 N–H and O–H groups in total. The molecular formula is C15H17N3. The number of fused-ring (bicyclic) bond motifs is 1. The second-order valence-corrected chi connectivity index (χ2v) is 4.85. The summed E-state index contributed by atoms with van der Waals surface area (Å²) in [5.41, 5.74) is 4.24. The Morgan fingerprint density at radius 3 is 2.89 bits per heavy atom. The van der Waals surface area contributed by atoms with Crippen LogP contribution in [0.5, 0.6) is 0 Å². The third-order valence-electron chi connectivity index (χ3n) is 3.84. The van der Waals surface area contributed by atoms with Gasteiger partial charge in [-0.1, -0.05) is 24.3 Å². The molecule has 2 aromatic rings. The topological polar surface area (TPSA) is 37.8 Å². The first-order valence-electron chi connectivity index (χ1n) is 6.40. The fourth-order valence-electron chi connectivity index (χ4n) is 2.79. The lowest BCUT2D eigenvalue weighted by molar-refractivity contribution is 0.451. The van der Waals surface area contributed by atoms with Crippen molar-refractivity contribution in [2.45, 2.75) is 24.8 Å². The van der Waals surface area contributed by atoms with Crippen molar-refractivity contribution in [1.29, 1.82) is 0 Å². The van der Waals surface area contributed by atoms with Gasteiger partial charge in [-0.25, -0.2) is 0 Å². The van der Waals surface area contributed by atoms with Gasteiger partial charge in [0.25, 0.3) is 0 Å². The first kappa shape index (κ1) is 11.4. The van der Waals surface area contributed by atoms with E-state index in [4.69, 9.17) is 0 Å². The van der Waals surface area contributed by atoms with Gasteiger partial charge in [0.2, 0.25) is 0 Å². The molecule has 1 aromatic heterocycles. The lowest BCUT2D eigenvalue weighted by Gasteiger charge is -2.33. The fraction of sp³-hybridized carbons (Fsp3) is 0.333. The Labute approximate surface area is 107 Å². The van der Waals surface area contributed by atoms with E-state index in [-0.39, 0.29) is 0 Å². The van der Waals surface area contributed by atoms with Crippen LogP contribution >= 0.6 is 0 Å². The van der Waals surface area contributed by atoms with Gasteiger partial charge < -0.3 is 5.32 Å². The molecule has 18 heavy (non-hydrogen) atoms. The molecule has 0 amide bonds. The highest BCUT2D eigenvalue weighted by Crippen LogP contribution is 2.40. The van der Waals surface area contributed by atoms with Crippen LogP contribution in [0.4, 0.5) is 0 Å². The van der Waals surface area contributed by atoms with Crippen LogP contribution in [-0.2, 0) is 6.42 Å². The van der Waals surface area contributed by atoms with E-state index < -0.39 is 0 Å². The van der Waals surface area contributed by atoms with E-state index in [1.807, 2.05) is 19.3 Å². The monoisotopic (exact) mass is 239 g/mol. The fourth-order valence-corrected chi connectivity index (χ4v) is 2.79. The SMILES string of the molecule is CNC(CC1Cc2ccccc21)c1ccnnc1. The highest BCUT2D eigenvalue weighted by atomic mass is 15.1. The van der Waals surface area contributed by atoms with Gasteiger partial charge in [-0.15, -0.1) is 0 Å². The Balaban J connectivity index is 1.74. The van der Waals surface area contributed by atoms with Crippen molar-refractivity contribution in [2.24, 2.45) is 0 Å². The van der Waals surface area contributed by atoms with Crippen molar-refractivity contribution < 1.29 is 0 Å². The number of hydrogen-bond donors (Lipinski definition) is 1. The van der Waals surface area contributed by atoms with Gasteiger partial charge in [0.1, 0.15) is 0 Å². The van der Waals surface area contributed by atoms with E-state index in [1.165, 1.54) is 23.1 Å². The zero-order chi connectivity index (χ0) is 12.4. The number of nitrogens with one attached hydrogen (secondary N) is 1. The Morgan fingerprint density at radius 1 is 1.28 bits per heavy atom. The van der Waals surface area contributed by atoms with Crippen LogP contribution in [0.3, 0.4) is 0 Å². The van der Waals surface area contributed by atoms with E-state index in [0.717, 1.165) is 6.42 Å². The molecule has 2 unspecified atom stereocenters. The number of benzene rings is 1. The largest absolute Gasteiger partial charge is 0.313 e. The van der Waals surface area contributed by atoms with E-state index in [9.17, 15) is 0 Å². The molecule has 1 heterocycles. The molecule has 92 valence electrons. The molecule has 0 radical (unpaired) electrons. The highest BCUT2D eigenvalue weighted by molar-refractivity contribution is 5.40. The minimum absolute atomic E-state index is 0.360. The van der Waals surface area contributed by atoms with Gasteiger partial charge in [0.05, 0.1) is 6.20 Å². The number of rotatable bonds is 4. The molecule has 0 saturated carbocycles. The molecule has 0 spiro atoms. The molecule has 0 bridgehead atoms. The second-order valence-electron chi connectivity index (χ2n) is 4.85. The molecule has 3 nitrogen and oxygen atoms in total. The van der Waals surface area contributed by atoms with Crippen LogP contribution in [0.15, 0.2) is 42.7 Å². The van der Waals surface area contributed by atoms with Crippen molar-refractivity contribution in [1.82, 2.24) is 15.5 Å². The van der Waals surface area contributed by atoms with Crippen LogP contribution in [0.1, 0.15) is 35.1 Å². The summed E-state index contributed by atoms with van der Waals surface area (Å²) < 4.78 is 0. The van der Waals surface area contributed by atoms with Gasteiger partial charge in [0, 0.05) is 12.2 Å². The van der Waals surface area contributed by atoms with Crippen molar-refractivity contribution in [3.63, 3.8) is 0 Å². The van der Waals surface area contributed by atoms with Gasteiger partial charge in [-0.3, -0.25) is 0 Å². The number of hydrogen-bond acceptors (Lipinski definition) is 3. The van der Waals surface area contributed by atoms with Gasteiger partial charge >= 0.3 is 0 Å². The highest BCUT2D eigenvalue weighted by Gasteiger charge is 2.28. The van der Waals surface area contributed by atoms with Gasteiger partial charge in [-0.05, 0) is 48.6 Å². The summed E-state index contributed by atoms with van der Waals surface area (Å²) in [4.78, 5) is 0. The number of aromatic nitrogens is 2. The number of nitrogens with zero attached hydrogens (tertiary/aromatic N) is 2. The Morgan fingerprint density at radius 2 is 2.17 bits per heavy atom. The minimum Gasteiger partial charge on any atom is -0.313 e. The molecular weight excluding hydrogens is 222 g/mol. The van der Waals surface area contributed by atoms with Gasteiger partial charge in [0.15, 0.2) is 0 Å². The molecule has 3 rings (SSSR count). The first-order valence-corrected chi connectivity index (χ1v) is 6.40. The maximum Gasteiger partial charge on any atom is 0.0544 e. The molecule has 0 fully saturated rings. The lowest BCUT2D eigenvalue weighted by atomic mass is 9.74. The smallest absolute Gasteiger partial charge is 0.0544 e. The van der Waals surface area contributed by atoms with E-state index >= 15 is 0 Å². The Bertz CT molecular complexity index is 524. The molecule has 1 aliphatic rings. The lowest BCUT2D eigenvalue weighted by Crippen LogP contribution is -2.25. The summed E-state index contributed by atoms with van der Waals surface area (Å²) in [6.07, 6.45) is 5.94. The Kier molecular flexibility index (Phi) is 3.07. The Hall–Kier alpha value is -1.74. The van der Waals surface area contributed by atoms with Crippen LogP contribution in [0.25, 0.3) is 0 Å². The molecule has 0 aliphatic heterocycles. The summed E-state index contributed by atoms with van der Waals surface area (Å²) in [7, 11) is 2.01. The molecule has 0 saturated heterocycles. The second kappa shape index (κ2) is 4.86. The van der Waals surface area contributed by atoms with Gasteiger partial charge in [-0.2, -0.15) is 10.2 Å². The van der Waals surface area contributed by atoms with Crippen LogP contribution < -0.4 is 5.32 Å². The summed E-state index contributed by atoms with van der Waals surface area (Å²) in [5, 5.41) is 11.2. The first-order chi connectivity index (χ1) is 8.88. The summed E-state index contributed by atoms with van der Waals surface area (Å²) in [5.74, 6) is 0.673. The molecule has 1 aliphatic carbocycles. The standard InChI is InChI=1S/C15H17N3/c1-16-15(12-6-7-17-18-10-12)9-13-8-11-4-2-3-5-14(11)13/h2-7,10,13,15-16H,8-9H2,1H3. The van der Waals surface area contributed by atoms with Crippen molar-refractivity contribution in [2.75, 3.05) is 7.05 Å². The van der Waals surface area contributed by atoms with E-state index in [1.54, 1.807) is 6.20 Å². The van der Waals surface area contributed by atoms with Crippen molar-refractivity contribution >= 4 is 0 Å². The predicted molar refractivity (Wildman–Crippen MR) is 71.3 cm³/mol. The van der Waals surface area contributed by atoms with Crippen LogP contribution in [0.2, 0.25) is 0 Å². The maximum atomic E-state index is 3.96. The van der Waals surface area contributed by atoms with E-state index in [2.05, 4.69) is 39.8 Å². The maximum absolute atomic E-state index is 3.96. The summed E-state index contributed by atoms with van der Waals surface area (Å²) >= 11 is 0. The van der Waals surface area contributed by atoms with Crippen molar-refractivity contribution in [3.8, 4) is 0 Å². The minimum atomic E-state index is 0.360. The molecule has 2 atom stereocenters. The normalized spacial score (nSPS) is 18.8. The molecule has 3 heteroatoms. The summed E-state index contributed by atoms with van der Waals surface area (Å²) in [6, 6.07) is 11.1.